The Balaban J connectivity index is 1.48. The van der Waals surface area contributed by atoms with Crippen molar-refractivity contribution in [1.29, 1.82) is 0 Å². The van der Waals surface area contributed by atoms with Gasteiger partial charge < -0.3 is 24.4 Å². The molecule has 0 radical (unpaired) electrons. The predicted molar refractivity (Wildman–Crippen MR) is 132 cm³/mol. The monoisotopic (exact) mass is 469 g/mol. The number of benzene rings is 2. The highest BCUT2D eigenvalue weighted by Crippen LogP contribution is 2.39. The molecule has 1 N–H and O–H groups in total. The molecule has 0 aliphatic carbocycles. The van der Waals surface area contributed by atoms with Gasteiger partial charge in [0.25, 0.3) is 5.91 Å². The van der Waals surface area contributed by atoms with E-state index in [2.05, 4.69) is 24.1 Å². The van der Waals surface area contributed by atoms with Crippen LogP contribution < -0.4 is 19.5 Å². The fraction of sp³-hybridized carbons (Fsp3) is 0.462. The standard InChI is InChI=1S/C26H35N3O5/c1-18(2)19-6-8-20(9-7-19)26(31)29-14-12-28(13-15-29)11-10-24(30)27-21-16-22(32-3)25(34-5)23(17-21)33-4/h6-9,16-18H,10-15H2,1-5H3,(H,27,30). The largest absolute Gasteiger partial charge is 0.493 e. The summed E-state index contributed by atoms with van der Waals surface area (Å²) in [6.45, 7) is 7.70. The lowest BCUT2D eigenvalue weighted by atomic mass is 10.0. The summed E-state index contributed by atoms with van der Waals surface area (Å²) in [6.07, 6.45) is 0.348. The lowest BCUT2D eigenvalue weighted by Crippen LogP contribution is -2.49. The molecule has 2 aromatic rings. The zero-order chi connectivity index (χ0) is 24.7. The Morgan fingerprint density at radius 2 is 1.50 bits per heavy atom. The van der Waals surface area contributed by atoms with Gasteiger partial charge in [-0.25, -0.2) is 0 Å². The summed E-state index contributed by atoms with van der Waals surface area (Å²) < 4.78 is 16.0. The normalized spacial score (nSPS) is 14.1. The third-order valence-corrected chi connectivity index (χ3v) is 6.09. The van der Waals surface area contributed by atoms with E-state index in [0.717, 1.165) is 18.7 Å². The molecule has 1 fully saturated rings. The van der Waals surface area contributed by atoms with Gasteiger partial charge in [-0.2, -0.15) is 0 Å². The molecular formula is C26H35N3O5. The smallest absolute Gasteiger partial charge is 0.253 e. The SMILES string of the molecule is COc1cc(NC(=O)CCN2CCN(C(=O)c3ccc(C(C)C)cc3)CC2)cc(OC)c1OC. The minimum Gasteiger partial charge on any atom is -0.493 e. The van der Waals surface area contributed by atoms with Gasteiger partial charge in [0.1, 0.15) is 0 Å². The maximum atomic E-state index is 12.8. The lowest BCUT2D eigenvalue weighted by Gasteiger charge is -2.34. The first-order chi connectivity index (χ1) is 16.4. The average molecular weight is 470 g/mol. The zero-order valence-electron chi connectivity index (χ0n) is 20.7. The highest BCUT2D eigenvalue weighted by atomic mass is 16.5. The van der Waals surface area contributed by atoms with Crippen LogP contribution in [0.5, 0.6) is 17.2 Å². The number of hydrogen-bond donors (Lipinski definition) is 1. The summed E-state index contributed by atoms with van der Waals surface area (Å²) in [5.74, 6) is 1.85. The first kappa shape index (κ1) is 25.4. The quantitative estimate of drug-likeness (QED) is 0.604. The van der Waals surface area contributed by atoms with E-state index in [-0.39, 0.29) is 11.8 Å². The maximum Gasteiger partial charge on any atom is 0.253 e. The van der Waals surface area contributed by atoms with Crippen LogP contribution in [0.2, 0.25) is 0 Å². The van der Waals surface area contributed by atoms with Crippen molar-refractivity contribution in [3.05, 3.63) is 47.5 Å². The van der Waals surface area contributed by atoms with Crippen molar-refractivity contribution >= 4 is 17.5 Å². The number of carbonyl (C=O) groups excluding carboxylic acids is 2. The molecule has 0 atom stereocenters. The Kier molecular flexibility index (Phi) is 8.76. The molecule has 0 bridgehead atoms. The molecule has 0 saturated carbocycles. The van der Waals surface area contributed by atoms with E-state index < -0.39 is 0 Å². The van der Waals surface area contributed by atoms with Gasteiger partial charge in [-0.05, 0) is 23.6 Å². The molecule has 184 valence electrons. The van der Waals surface area contributed by atoms with Crippen molar-refractivity contribution < 1.29 is 23.8 Å². The lowest BCUT2D eigenvalue weighted by molar-refractivity contribution is -0.116. The van der Waals surface area contributed by atoms with Crippen molar-refractivity contribution in [3.8, 4) is 17.2 Å². The van der Waals surface area contributed by atoms with Crippen LogP contribution in [0.25, 0.3) is 0 Å². The van der Waals surface area contributed by atoms with Crippen LogP contribution >= 0.6 is 0 Å². The Hall–Kier alpha value is -3.26. The number of anilines is 1. The van der Waals surface area contributed by atoms with Gasteiger partial charge in [0.05, 0.1) is 21.3 Å². The minimum atomic E-state index is -0.0991. The van der Waals surface area contributed by atoms with Crippen LogP contribution in [0, 0.1) is 0 Å². The predicted octanol–water partition coefficient (Wildman–Crippen LogP) is 3.62. The number of nitrogens with zero attached hydrogens (tertiary/aromatic N) is 2. The molecule has 2 aromatic carbocycles. The van der Waals surface area contributed by atoms with Crippen molar-refractivity contribution in [2.75, 3.05) is 59.4 Å². The van der Waals surface area contributed by atoms with Gasteiger partial charge >= 0.3 is 0 Å². The fourth-order valence-corrected chi connectivity index (χ4v) is 4.00. The van der Waals surface area contributed by atoms with Gasteiger partial charge in [-0.3, -0.25) is 14.5 Å². The van der Waals surface area contributed by atoms with Gasteiger partial charge in [-0.1, -0.05) is 26.0 Å². The van der Waals surface area contributed by atoms with Gasteiger partial charge in [0.2, 0.25) is 11.7 Å². The third-order valence-electron chi connectivity index (χ3n) is 6.09. The van der Waals surface area contributed by atoms with Crippen LogP contribution in [0.4, 0.5) is 5.69 Å². The number of ether oxygens (including phenoxy) is 3. The Labute approximate surface area is 201 Å². The first-order valence-electron chi connectivity index (χ1n) is 11.6. The van der Waals surface area contributed by atoms with Crippen LogP contribution in [0.15, 0.2) is 36.4 Å². The number of amides is 2. The number of piperazine rings is 1. The molecule has 8 nitrogen and oxygen atoms in total. The number of hydrogen-bond acceptors (Lipinski definition) is 6. The van der Waals surface area contributed by atoms with E-state index in [1.165, 1.54) is 26.9 Å². The molecule has 34 heavy (non-hydrogen) atoms. The number of carbonyl (C=O) groups is 2. The molecule has 1 aliphatic heterocycles. The molecule has 1 aliphatic rings. The summed E-state index contributed by atoms with van der Waals surface area (Å²) in [6, 6.07) is 11.3. The van der Waals surface area contributed by atoms with E-state index in [4.69, 9.17) is 14.2 Å². The Morgan fingerprint density at radius 3 is 2.00 bits per heavy atom. The van der Waals surface area contributed by atoms with Gasteiger partial charge in [-0.15, -0.1) is 0 Å². The summed E-state index contributed by atoms with van der Waals surface area (Å²) in [5.41, 5.74) is 2.53. The van der Waals surface area contributed by atoms with Crippen molar-refractivity contribution in [1.82, 2.24) is 9.80 Å². The van der Waals surface area contributed by atoms with Crippen molar-refractivity contribution in [2.45, 2.75) is 26.2 Å². The van der Waals surface area contributed by atoms with E-state index in [1.807, 2.05) is 29.2 Å². The Bertz CT molecular complexity index is 957. The fourth-order valence-electron chi connectivity index (χ4n) is 4.00. The zero-order valence-corrected chi connectivity index (χ0v) is 20.7. The highest BCUT2D eigenvalue weighted by Gasteiger charge is 2.23. The van der Waals surface area contributed by atoms with Crippen LogP contribution in [0.3, 0.4) is 0 Å². The summed E-state index contributed by atoms with van der Waals surface area (Å²) in [4.78, 5) is 29.4. The second kappa shape index (κ2) is 11.7. The summed E-state index contributed by atoms with van der Waals surface area (Å²) in [7, 11) is 4.61. The maximum absolute atomic E-state index is 12.8. The minimum absolute atomic E-state index is 0.0649. The molecule has 1 heterocycles. The topological polar surface area (TPSA) is 80.3 Å². The second-order valence-electron chi connectivity index (χ2n) is 8.62. The molecule has 8 heteroatoms. The van der Waals surface area contributed by atoms with E-state index >= 15 is 0 Å². The molecule has 2 amide bonds. The second-order valence-corrected chi connectivity index (χ2v) is 8.62. The van der Waals surface area contributed by atoms with E-state index in [0.29, 0.717) is 54.9 Å². The summed E-state index contributed by atoms with van der Waals surface area (Å²) in [5, 5.41) is 2.90. The number of methoxy groups -OCH3 is 3. The molecule has 0 aromatic heterocycles. The van der Waals surface area contributed by atoms with E-state index in [9.17, 15) is 9.59 Å². The molecule has 1 saturated heterocycles. The number of rotatable bonds is 9. The average Bonchev–Trinajstić information content (AvgIpc) is 2.86. The van der Waals surface area contributed by atoms with E-state index in [1.54, 1.807) is 12.1 Å². The summed E-state index contributed by atoms with van der Waals surface area (Å²) >= 11 is 0. The Morgan fingerprint density at radius 1 is 0.912 bits per heavy atom. The van der Waals surface area contributed by atoms with Crippen molar-refractivity contribution in [3.63, 3.8) is 0 Å². The highest BCUT2D eigenvalue weighted by molar-refractivity contribution is 5.94. The van der Waals surface area contributed by atoms with Crippen LogP contribution in [-0.4, -0.2) is 75.7 Å². The van der Waals surface area contributed by atoms with Crippen molar-refractivity contribution in [2.24, 2.45) is 0 Å². The molecule has 0 unspecified atom stereocenters. The molecular weight excluding hydrogens is 434 g/mol. The van der Waals surface area contributed by atoms with Gasteiger partial charge in [0.15, 0.2) is 11.5 Å². The molecule has 3 rings (SSSR count). The van der Waals surface area contributed by atoms with Crippen LogP contribution in [-0.2, 0) is 4.79 Å². The number of nitrogens with one attached hydrogen (secondary N) is 1. The third kappa shape index (κ3) is 6.20. The van der Waals surface area contributed by atoms with Gasteiger partial charge in [0, 0.05) is 62.5 Å². The van der Waals surface area contributed by atoms with Crippen LogP contribution in [0.1, 0.15) is 42.1 Å². The first-order valence-corrected chi connectivity index (χ1v) is 11.6. The molecule has 0 spiro atoms.